The highest BCUT2D eigenvalue weighted by Crippen LogP contribution is 2.38. The van der Waals surface area contributed by atoms with Crippen LogP contribution in [0.3, 0.4) is 0 Å². The number of hydrogen-bond acceptors (Lipinski definition) is 4. The second-order valence-corrected chi connectivity index (χ2v) is 5.80. The van der Waals surface area contributed by atoms with E-state index >= 15 is 0 Å². The van der Waals surface area contributed by atoms with Crippen molar-refractivity contribution in [1.29, 1.82) is 0 Å². The van der Waals surface area contributed by atoms with Gasteiger partial charge in [0.1, 0.15) is 18.0 Å². The van der Waals surface area contributed by atoms with Crippen molar-refractivity contribution in [3.63, 3.8) is 0 Å². The third-order valence-electron chi connectivity index (χ3n) is 4.30. The molecule has 2 aliphatic rings. The van der Waals surface area contributed by atoms with E-state index in [1.807, 2.05) is 18.6 Å². The Labute approximate surface area is 118 Å². The lowest BCUT2D eigenvalue weighted by Crippen LogP contribution is -2.35. The molecule has 2 aromatic heterocycles. The Morgan fingerprint density at radius 3 is 2.90 bits per heavy atom. The van der Waals surface area contributed by atoms with Crippen LogP contribution in [-0.4, -0.2) is 32.8 Å². The minimum atomic E-state index is 0.480. The minimum Gasteiger partial charge on any atom is -0.356 e. The second kappa shape index (κ2) is 4.89. The first-order valence-electron chi connectivity index (χ1n) is 7.47. The Morgan fingerprint density at radius 1 is 1.15 bits per heavy atom. The smallest absolute Gasteiger partial charge is 0.137 e. The molecule has 0 N–H and O–H groups in total. The first-order valence-corrected chi connectivity index (χ1v) is 7.47. The summed E-state index contributed by atoms with van der Waals surface area (Å²) in [5, 5.41) is 8.53. The number of hydrogen-bond donors (Lipinski definition) is 0. The molecule has 2 fully saturated rings. The molecular formula is C15H19N5. The number of aromatic nitrogens is 4. The first kappa shape index (κ1) is 11.9. The van der Waals surface area contributed by atoms with Crippen LogP contribution in [0.25, 0.3) is 0 Å². The van der Waals surface area contributed by atoms with Gasteiger partial charge in [-0.05, 0) is 37.8 Å². The van der Waals surface area contributed by atoms with Gasteiger partial charge in [0.2, 0.25) is 0 Å². The molecule has 3 heterocycles. The van der Waals surface area contributed by atoms with Crippen molar-refractivity contribution in [2.24, 2.45) is 0 Å². The van der Waals surface area contributed by atoms with E-state index in [-0.39, 0.29) is 0 Å². The number of piperidine rings is 1. The van der Waals surface area contributed by atoms with E-state index in [9.17, 15) is 0 Å². The first-order chi connectivity index (χ1) is 9.92. The number of anilines is 1. The predicted molar refractivity (Wildman–Crippen MR) is 76.7 cm³/mol. The fourth-order valence-corrected chi connectivity index (χ4v) is 3.11. The van der Waals surface area contributed by atoms with Crippen molar-refractivity contribution in [1.82, 2.24) is 19.7 Å². The molecule has 1 aliphatic heterocycles. The fourth-order valence-electron chi connectivity index (χ4n) is 3.11. The second-order valence-electron chi connectivity index (χ2n) is 5.80. The summed E-state index contributed by atoms with van der Waals surface area (Å²) in [5.74, 6) is 2.73. The molecule has 0 aromatic carbocycles. The Kier molecular flexibility index (Phi) is 2.90. The summed E-state index contributed by atoms with van der Waals surface area (Å²) in [6, 6.07) is 6.77. The molecule has 0 unspecified atom stereocenters. The zero-order valence-electron chi connectivity index (χ0n) is 11.5. The van der Waals surface area contributed by atoms with Gasteiger partial charge in [0, 0.05) is 31.2 Å². The van der Waals surface area contributed by atoms with Crippen LogP contribution in [-0.2, 0) is 0 Å². The van der Waals surface area contributed by atoms with E-state index in [0.717, 1.165) is 18.9 Å². The van der Waals surface area contributed by atoms with Gasteiger partial charge in [-0.3, -0.25) is 0 Å². The average molecular weight is 269 g/mol. The molecule has 1 saturated carbocycles. The van der Waals surface area contributed by atoms with Gasteiger partial charge in [-0.25, -0.2) is 4.98 Å². The summed E-state index contributed by atoms with van der Waals surface area (Å²) in [5.41, 5.74) is 0. The standard InChI is InChI=1S/C15H19N5/c1-2-8-16-14(5-1)19-9-3-4-12(10-19)15-18-17-11-20(15)13-6-7-13/h1-2,5,8,11-13H,3-4,6-7,9-10H2/t12-/m0/s1. The Hall–Kier alpha value is -1.91. The van der Waals surface area contributed by atoms with E-state index in [4.69, 9.17) is 0 Å². The number of rotatable bonds is 3. The van der Waals surface area contributed by atoms with E-state index in [1.54, 1.807) is 0 Å². The maximum Gasteiger partial charge on any atom is 0.137 e. The summed E-state index contributed by atoms with van der Waals surface area (Å²) in [6.07, 6.45) is 8.73. The highest BCUT2D eigenvalue weighted by molar-refractivity contribution is 5.39. The average Bonchev–Trinajstić information content (AvgIpc) is 3.25. The zero-order chi connectivity index (χ0) is 13.4. The van der Waals surface area contributed by atoms with Crippen LogP contribution in [0.2, 0.25) is 0 Å². The lowest BCUT2D eigenvalue weighted by molar-refractivity contribution is 0.469. The molecule has 1 saturated heterocycles. The SMILES string of the molecule is c1ccc(N2CCC[C@H](c3nncn3C3CC3)C2)nc1. The normalized spacial score (nSPS) is 23.0. The number of nitrogens with zero attached hydrogens (tertiary/aromatic N) is 5. The summed E-state index contributed by atoms with van der Waals surface area (Å²) >= 11 is 0. The minimum absolute atomic E-state index is 0.480. The summed E-state index contributed by atoms with van der Waals surface area (Å²) in [6.45, 7) is 2.09. The van der Waals surface area contributed by atoms with Crippen LogP contribution in [0.5, 0.6) is 0 Å². The molecule has 4 rings (SSSR count). The van der Waals surface area contributed by atoms with Crippen molar-refractivity contribution in [3.8, 4) is 0 Å². The highest BCUT2D eigenvalue weighted by atomic mass is 15.3. The molecule has 1 atom stereocenters. The monoisotopic (exact) mass is 269 g/mol. The highest BCUT2D eigenvalue weighted by Gasteiger charge is 2.31. The van der Waals surface area contributed by atoms with Crippen molar-refractivity contribution in [2.45, 2.75) is 37.6 Å². The summed E-state index contributed by atoms with van der Waals surface area (Å²) in [7, 11) is 0. The lowest BCUT2D eigenvalue weighted by atomic mass is 9.97. The predicted octanol–water partition coefficient (Wildman–Crippen LogP) is 2.39. The molecule has 1 aliphatic carbocycles. The third-order valence-corrected chi connectivity index (χ3v) is 4.30. The van der Waals surface area contributed by atoms with E-state index < -0.39 is 0 Å². The molecular weight excluding hydrogens is 250 g/mol. The van der Waals surface area contributed by atoms with Crippen molar-refractivity contribution in [3.05, 3.63) is 36.5 Å². The van der Waals surface area contributed by atoms with Crippen LogP contribution in [0.1, 0.15) is 43.5 Å². The molecule has 20 heavy (non-hydrogen) atoms. The van der Waals surface area contributed by atoms with Gasteiger partial charge in [0.05, 0.1) is 0 Å². The van der Waals surface area contributed by atoms with Gasteiger partial charge >= 0.3 is 0 Å². The van der Waals surface area contributed by atoms with Crippen LogP contribution in [0, 0.1) is 0 Å². The van der Waals surface area contributed by atoms with Gasteiger partial charge in [-0.1, -0.05) is 6.07 Å². The van der Waals surface area contributed by atoms with Crippen LogP contribution in [0.15, 0.2) is 30.7 Å². The molecule has 2 aromatic rings. The molecule has 5 nitrogen and oxygen atoms in total. The Morgan fingerprint density at radius 2 is 2.10 bits per heavy atom. The maximum atomic E-state index is 4.47. The molecule has 0 spiro atoms. The molecule has 0 radical (unpaired) electrons. The molecule has 5 heteroatoms. The summed E-state index contributed by atoms with van der Waals surface area (Å²) < 4.78 is 2.30. The maximum absolute atomic E-state index is 4.47. The zero-order valence-corrected chi connectivity index (χ0v) is 11.5. The third kappa shape index (κ3) is 2.17. The van der Waals surface area contributed by atoms with Gasteiger partial charge < -0.3 is 9.47 Å². The van der Waals surface area contributed by atoms with Crippen LogP contribution < -0.4 is 4.90 Å². The largest absolute Gasteiger partial charge is 0.356 e. The molecule has 0 bridgehead atoms. The summed E-state index contributed by atoms with van der Waals surface area (Å²) in [4.78, 5) is 6.85. The van der Waals surface area contributed by atoms with E-state index in [1.165, 1.54) is 31.5 Å². The molecule has 0 amide bonds. The number of pyridine rings is 1. The quantitative estimate of drug-likeness (QED) is 0.858. The van der Waals surface area contributed by atoms with Gasteiger partial charge in [0.15, 0.2) is 0 Å². The van der Waals surface area contributed by atoms with E-state index in [2.05, 4.69) is 36.8 Å². The topological polar surface area (TPSA) is 46.8 Å². The van der Waals surface area contributed by atoms with Crippen molar-refractivity contribution < 1.29 is 0 Å². The van der Waals surface area contributed by atoms with Crippen LogP contribution in [0.4, 0.5) is 5.82 Å². The van der Waals surface area contributed by atoms with Gasteiger partial charge in [-0.2, -0.15) is 0 Å². The fraction of sp³-hybridized carbons (Fsp3) is 0.533. The van der Waals surface area contributed by atoms with Crippen molar-refractivity contribution >= 4 is 5.82 Å². The lowest BCUT2D eigenvalue weighted by Gasteiger charge is -2.33. The van der Waals surface area contributed by atoms with E-state index in [0.29, 0.717) is 12.0 Å². The van der Waals surface area contributed by atoms with Crippen LogP contribution >= 0.6 is 0 Å². The van der Waals surface area contributed by atoms with Gasteiger partial charge in [-0.15, -0.1) is 10.2 Å². The van der Waals surface area contributed by atoms with Crippen molar-refractivity contribution in [2.75, 3.05) is 18.0 Å². The molecule has 104 valence electrons. The Bertz CT molecular complexity index is 575. The Balaban J connectivity index is 1.56. The van der Waals surface area contributed by atoms with Gasteiger partial charge in [0.25, 0.3) is 0 Å².